The fourth-order valence-electron chi connectivity index (χ4n) is 2.36. The maximum absolute atomic E-state index is 6.01. The summed E-state index contributed by atoms with van der Waals surface area (Å²) in [5.41, 5.74) is 10.6. The van der Waals surface area contributed by atoms with Crippen LogP contribution in [0.15, 0.2) is 40.9 Å². The zero-order chi connectivity index (χ0) is 12.7. The Kier molecular flexibility index (Phi) is 2.96. The lowest BCUT2D eigenvalue weighted by Crippen LogP contribution is -2.15. The van der Waals surface area contributed by atoms with E-state index in [0.717, 1.165) is 34.0 Å². The second-order valence-electron chi connectivity index (χ2n) is 4.44. The van der Waals surface area contributed by atoms with Gasteiger partial charge in [0.1, 0.15) is 0 Å². The van der Waals surface area contributed by atoms with Gasteiger partial charge in [0.05, 0.1) is 5.69 Å². The van der Waals surface area contributed by atoms with E-state index in [1.165, 1.54) is 11.1 Å². The molecule has 0 bridgehead atoms. The summed E-state index contributed by atoms with van der Waals surface area (Å²) in [5, 5.41) is 0.738. The van der Waals surface area contributed by atoms with Crippen LogP contribution in [0, 0.1) is 0 Å². The molecule has 92 valence electrons. The first-order valence-corrected chi connectivity index (χ1v) is 6.88. The van der Waals surface area contributed by atoms with E-state index in [-0.39, 0.29) is 0 Å². The monoisotopic (exact) mass is 322 g/mol. The highest BCUT2D eigenvalue weighted by Crippen LogP contribution is 2.36. The van der Waals surface area contributed by atoms with E-state index in [0.29, 0.717) is 0 Å². The summed E-state index contributed by atoms with van der Waals surface area (Å²) in [6.45, 7) is 1.74. The third kappa shape index (κ3) is 1.98. The number of hydrogen-bond donors (Lipinski definition) is 1. The molecule has 0 spiro atoms. The Morgan fingerprint density at radius 1 is 1.17 bits per heavy atom. The Morgan fingerprint density at radius 3 is 2.72 bits per heavy atom. The second-order valence-corrected chi connectivity index (χ2v) is 5.73. The van der Waals surface area contributed by atoms with E-state index >= 15 is 0 Å². The maximum atomic E-state index is 6.01. The molecule has 0 atom stereocenters. The molecule has 0 unspecified atom stereocenters. The van der Waals surface area contributed by atoms with Gasteiger partial charge in [-0.15, -0.1) is 0 Å². The van der Waals surface area contributed by atoms with E-state index in [9.17, 15) is 0 Å². The number of rotatable bonds is 1. The molecule has 0 aliphatic carbocycles. The van der Waals surface area contributed by atoms with E-state index in [1.54, 1.807) is 0 Å². The number of nitrogens with zero attached hydrogens (tertiary/aromatic N) is 1. The van der Waals surface area contributed by atoms with Crippen molar-refractivity contribution in [3.05, 3.63) is 57.0 Å². The van der Waals surface area contributed by atoms with Crippen molar-refractivity contribution >= 4 is 38.9 Å². The highest BCUT2D eigenvalue weighted by atomic mass is 79.9. The molecule has 2 aromatic rings. The molecule has 0 fully saturated rings. The maximum Gasteiger partial charge on any atom is 0.0517 e. The van der Waals surface area contributed by atoms with Crippen LogP contribution in [0.1, 0.15) is 11.1 Å². The summed E-state index contributed by atoms with van der Waals surface area (Å²) >= 11 is 9.53. The van der Waals surface area contributed by atoms with E-state index < -0.39 is 0 Å². The first-order valence-electron chi connectivity index (χ1n) is 5.71. The van der Waals surface area contributed by atoms with Gasteiger partial charge in [0, 0.05) is 28.3 Å². The minimum atomic E-state index is 0.738. The van der Waals surface area contributed by atoms with Gasteiger partial charge in [-0.1, -0.05) is 23.7 Å². The fourth-order valence-corrected chi connectivity index (χ4v) is 3.29. The first kappa shape index (κ1) is 11.9. The molecule has 2 nitrogen and oxygen atoms in total. The zero-order valence-electron chi connectivity index (χ0n) is 9.66. The minimum absolute atomic E-state index is 0.738. The largest absolute Gasteiger partial charge is 0.398 e. The molecular formula is C14H12BrClN2. The molecule has 1 heterocycles. The molecule has 2 aromatic carbocycles. The summed E-state index contributed by atoms with van der Waals surface area (Å²) < 4.78 is 1.02. The lowest BCUT2D eigenvalue weighted by Gasteiger charge is -2.19. The summed E-state index contributed by atoms with van der Waals surface area (Å²) in [4.78, 5) is 2.29. The van der Waals surface area contributed by atoms with Crippen molar-refractivity contribution in [3.63, 3.8) is 0 Å². The van der Waals surface area contributed by atoms with Crippen molar-refractivity contribution in [2.75, 3.05) is 10.6 Å². The lowest BCUT2D eigenvalue weighted by atomic mass is 10.1. The van der Waals surface area contributed by atoms with Gasteiger partial charge in [0.15, 0.2) is 0 Å². The number of anilines is 2. The highest BCUT2D eigenvalue weighted by molar-refractivity contribution is 9.10. The summed E-state index contributed by atoms with van der Waals surface area (Å²) in [5.74, 6) is 0. The molecule has 1 aliphatic heterocycles. The first-order chi connectivity index (χ1) is 8.65. The molecule has 3 rings (SSSR count). The van der Waals surface area contributed by atoms with Crippen LogP contribution in [-0.2, 0) is 13.1 Å². The minimum Gasteiger partial charge on any atom is -0.398 e. The van der Waals surface area contributed by atoms with Crippen molar-refractivity contribution in [1.29, 1.82) is 0 Å². The Balaban J connectivity index is 1.96. The Bertz CT molecular complexity index is 613. The van der Waals surface area contributed by atoms with Crippen molar-refractivity contribution in [2.24, 2.45) is 0 Å². The topological polar surface area (TPSA) is 29.3 Å². The average molecular weight is 324 g/mol. The van der Waals surface area contributed by atoms with Crippen LogP contribution in [0.2, 0.25) is 5.02 Å². The van der Waals surface area contributed by atoms with Gasteiger partial charge in [-0.3, -0.25) is 0 Å². The van der Waals surface area contributed by atoms with Crippen LogP contribution < -0.4 is 10.6 Å². The van der Waals surface area contributed by atoms with Gasteiger partial charge >= 0.3 is 0 Å². The number of halogens is 2. The number of nitrogen functional groups attached to an aromatic ring is 1. The van der Waals surface area contributed by atoms with Crippen LogP contribution in [-0.4, -0.2) is 0 Å². The van der Waals surface area contributed by atoms with Crippen LogP contribution in [0.3, 0.4) is 0 Å². The summed E-state index contributed by atoms with van der Waals surface area (Å²) in [7, 11) is 0. The molecule has 0 saturated carbocycles. The van der Waals surface area contributed by atoms with Crippen molar-refractivity contribution in [1.82, 2.24) is 0 Å². The number of fused-ring (bicyclic) bond motifs is 1. The van der Waals surface area contributed by atoms with Gasteiger partial charge in [0.25, 0.3) is 0 Å². The highest BCUT2D eigenvalue weighted by Gasteiger charge is 2.22. The van der Waals surface area contributed by atoms with Gasteiger partial charge in [-0.05, 0) is 51.3 Å². The number of benzene rings is 2. The summed E-state index contributed by atoms with van der Waals surface area (Å²) in [6, 6.07) is 12.0. The van der Waals surface area contributed by atoms with Crippen LogP contribution >= 0.6 is 27.5 Å². The third-order valence-electron chi connectivity index (χ3n) is 3.27. The fraction of sp³-hybridized carbons (Fsp3) is 0.143. The van der Waals surface area contributed by atoms with Gasteiger partial charge < -0.3 is 10.6 Å². The van der Waals surface area contributed by atoms with E-state index in [1.807, 2.05) is 30.3 Å². The predicted octanol–water partition coefficient (Wildman–Crippen LogP) is 4.20. The molecule has 4 heteroatoms. The molecule has 0 radical (unpaired) electrons. The van der Waals surface area contributed by atoms with Crippen LogP contribution in [0.25, 0.3) is 0 Å². The molecule has 0 saturated heterocycles. The number of nitrogens with two attached hydrogens (primary N) is 1. The molecule has 0 aromatic heterocycles. The van der Waals surface area contributed by atoms with Crippen molar-refractivity contribution in [2.45, 2.75) is 13.1 Å². The normalized spacial score (nSPS) is 13.8. The smallest absolute Gasteiger partial charge is 0.0517 e. The molecular weight excluding hydrogens is 312 g/mol. The van der Waals surface area contributed by atoms with Gasteiger partial charge in [-0.2, -0.15) is 0 Å². The average Bonchev–Trinajstić information content (AvgIpc) is 2.74. The Labute approximate surface area is 119 Å². The van der Waals surface area contributed by atoms with E-state index in [4.69, 9.17) is 17.3 Å². The van der Waals surface area contributed by atoms with E-state index in [2.05, 4.69) is 26.9 Å². The Morgan fingerprint density at radius 2 is 2.00 bits per heavy atom. The SMILES string of the molecule is Nc1cccc2c1CN(c1ccc(Cl)cc1Br)C2. The third-order valence-corrected chi connectivity index (χ3v) is 4.14. The molecule has 0 amide bonds. The van der Waals surface area contributed by atoms with Crippen LogP contribution in [0.4, 0.5) is 11.4 Å². The number of hydrogen-bond acceptors (Lipinski definition) is 2. The lowest BCUT2D eigenvalue weighted by molar-refractivity contribution is 0.878. The molecule has 1 aliphatic rings. The van der Waals surface area contributed by atoms with Crippen molar-refractivity contribution in [3.8, 4) is 0 Å². The van der Waals surface area contributed by atoms with Crippen molar-refractivity contribution < 1.29 is 0 Å². The molecule has 2 N–H and O–H groups in total. The predicted molar refractivity (Wildman–Crippen MR) is 79.9 cm³/mol. The second kappa shape index (κ2) is 4.48. The van der Waals surface area contributed by atoms with Gasteiger partial charge in [-0.25, -0.2) is 0 Å². The van der Waals surface area contributed by atoms with Crippen LogP contribution in [0.5, 0.6) is 0 Å². The standard InChI is InChI=1S/C14H12BrClN2/c15-12-6-10(16)4-5-14(12)18-7-9-2-1-3-13(17)11(9)8-18/h1-6H,7-8,17H2. The molecule has 18 heavy (non-hydrogen) atoms. The Hall–Kier alpha value is -1.19. The van der Waals surface area contributed by atoms with Gasteiger partial charge in [0.2, 0.25) is 0 Å². The quantitative estimate of drug-likeness (QED) is 0.797. The summed E-state index contributed by atoms with van der Waals surface area (Å²) in [6.07, 6.45) is 0. The zero-order valence-corrected chi connectivity index (χ0v) is 12.0.